The molecule has 0 N–H and O–H groups in total. The summed E-state index contributed by atoms with van der Waals surface area (Å²) in [6, 6.07) is 20.1. The van der Waals surface area contributed by atoms with E-state index < -0.39 is 16.6 Å². The van der Waals surface area contributed by atoms with Crippen molar-refractivity contribution in [3.05, 3.63) is 110 Å². The van der Waals surface area contributed by atoms with E-state index in [9.17, 15) is 0 Å². The van der Waals surface area contributed by atoms with Gasteiger partial charge < -0.3 is 8.85 Å². The topological polar surface area (TPSA) is 18.5 Å². The summed E-state index contributed by atoms with van der Waals surface area (Å²) < 4.78 is 12.4. The summed E-state index contributed by atoms with van der Waals surface area (Å²) in [6.07, 6.45) is 0. The van der Waals surface area contributed by atoms with Crippen molar-refractivity contribution in [2.75, 3.05) is 6.79 Å². The zero-order chi connectivity index (χ0) is 18.2. The maximum Gasteiger partial charge on any atom is 0.275 e. The van der Waals surface area contributed by atoms with Gasteiger partial charge in [0.25, 0.3) is 16.6 Å². The molecular formula is C21H24O2Si2. The molecule has 0 radical (unpaired) electrons. The van der Waals surface area contributed by atoms with Crippen molar-refractivity contribution in [2.45, 2.75) is 0 Å². The van der Waals surface area contributed by atoms with E-state index in [0.717, 1.165) is 10.4 Å². The first-order chi connectivity index (χ1) is 12.2. The SMILES string of the molecule is C=C[Si](C=C)(OCO[Si](C=C)(C=C)c1ccccc1)c1ccccc1. The maximum atomic E-state index is 6.21. The molecular weight excluding hydrogens is 340 g/mol. The van der Waals surface area contributed by atoms with Gasteiger partial charge in [0.2, 0.25) is 0 Å². The number of hydrogen-bond donors (Lipinski definition) is 0. The highest BCUT2D eigenvalue weighted by atomic mass is 28.4. The Bertz CT molecular complexity index is 647. The first-order valence-electron chi connectivity index (χ1n) is 8.09. The van der Waals surface area contributed by atoms with Crippen LogP contribution in [0.4, 0.5) is 0 Å². The Morgan fingerprint density at radius 1 is 0.600 bits per heavy atom. The second-order valence-electron chi connectivity index (χ2n) is 5.54. The number of benzene rings is 2. The third kappa shape index (κ3) is 4.05. The molecule has 2 aromatic carbocycles. The van der Waals surface area contributed by atoms with E-state index in [1.807, 2.05) is 83.5 Å². The van der Waals surface area contributed by atoms with E-state index in [1.165, 1.54) is 0 Å². The van der Waals surface area contributed by atoms with E-state index in [4.69, 9.17) is 8.85 Å². The second kappa shape index (κ2) is 8.73. The summed E-state index contributed by atoms with van der Waals surface area (Å²) in [7, 11) is -4.98. The monoisotopic (exact) mass is 364 g/mol. The predicted molar refractivity (Wildman–Crippen MR) is 111 cm³/mol. The average Bonchev–Trinajstić information content (AvgIpc) is 2.70. The smallest absolute Gasteiger partial charge is 0.275 e. The van der Waals surface area contributed by atoms with Crippen molar-refractivity contribution < 1.29 is 8.85 Å². The van der Waals surface area contributed by atoms with E-state index in [2.05, 4.69) is 26.3 Å². The van der Waals surface area contributed by atoms with Gasteiger partial charge >= 0.3 is 0 Å². The zero-order valence-corrected chi connectivity index (χ0v) is 16.4. The molecule has 2 rings (SSSR count). The van der Waals surface area contributed by atoms with Crippen molar-refractivity contribution in [3.8, 4) is 0 Å². The molecule has 0 amide bonds. The zero-order valence-electron chi connectivity index (χ0n) is 14.4. The fourth-order valence-corrected chi connectivity index (χ4v) is 6.80. The molecule has 128 valence electrons. The number of hydrogen-bond acceptors (Lipinski definition) is 2. The highest BCUT2D eigenvalue weighted by Gasteiger charge is 2.34. The molecule has 0 atom stereocenters. The Kier molecular flexibility index (Phi) is 6.67. The normalized spacial score (nSPS) is 11.5. The van der Waals surface area contributed by atoms with Crippen LogP contribution >= 0.6 is 0 Å². The van der Waals surface area contributed by atoms with Crippen LogP contribution in [0.2, 0.25) is 0 Å². The van der Waals surface area contributed by atoms with Gasteiger partial charge in [0.1, 0.15) is 6.79 Å². The van der Waals surface area contributed by atoms with E-state index >= 15 is 0 Å². The van der Waals surface area contributed by atoms with Crippen molar-refractivity contribution >= 4 is 27.0 Å². The predicted octanol–water partition coefficient (Wildman–Crippen LogP) is 3.58. The fraction of sp³-hybridized carbons (Fsp3) is 0.0476. The van der Waals surface area contributed by atoms with Crippen LogP contribution in [-0.2, 0) is 8.85 Å². The van der Waals surface area contributed by atoms with Crippen molar-refractivity contribution in [1.29, 1.82) is 0 Å². The van der Waals surface area contributed by atoms with Crippen LogP contribution in [0, 0.1) is 0 Å². The van der Waals surface area contributed by atoms with Crippen molar-refractivity contribution in [2.24, 2.45) is 0 Å². The second-order valence-corrected chi connectivity index (χ2v) is 12.1. The largest absolute Gasteiger partial charge is 0.383 e. The summed E-state index contributed by atoms with van der Waals surface area (Å²) in [5.74, 6) is 0. The Morgan fingerprint density at radius 2 is 0.920 bits per heavy atom. The van der Waals surface area contributed by atoms with Crippen molar-refractivity contribution in [3.63, 3.8) is 0 Å². The van der Waals surface area contributed by atoms with Crippen LogP contribution in [0.1, 0.15) is 0 Å². The van der Waals surface area contributed by atoms with Gasteiger partial charge in [0.15, 0.2) is 0 Å². The fourth-order valence-electron chi connectivity index (χ4n) is 2.66. The molecule has 0 saturated heterocycles. The van der Waals surface area contributed by atoms with Gasteiger partial charge in [-0.05, 0) is 10.4 Å². The first-order valence-corrected chi connectivity index (χ1v) is 12.2. The van der Waals surface area contributed by atoms with Gasteiger partial charge in [-0.3, -0.25) is 0 Å². The Balaban J connectivity index is 2.21. The van der Waals surface area contributed by atoms with E-state index in [0.29, 0.717) is 0 Å². The van der Waals surface area contributed by atoms with Crippen LogP contribution in [0.5, 0.6) is 0 Å². The minimum absolute atomic E-state index is 0.137. The molecule has 0 aliphatic heterocycles. The highest BCUT2D eigenvalue weighted by Crippen LogP contribution is 2.13. The highest BCUT2D eigenvalue weighted by molar-refractivity contribution is 6.95. The molecule has 0 heterocycles. The number of rotatable bonds is 10. The molecule has 0 aromatic heterocycles. The maximum absolute atomic E-state index is 6.21. The molecule has 0 bridgehead atoms. The molecule has 2 nitrogen and oxygen atoms in total. The van der Waals surface area contributed by atoms with Gasteiger partial charge in [0.05, 0.1) is 0 Å². The summed E-state index contributed by atoms with van der Waals surface area (Å²) in [5, 5.41) is 2.18. The quantitative estimate of drug-likeness (QED) is 0.474. The lowest BCUT2D eigenvalue weighted by Gasteiger charge is -2.29. The molecule has 0 aliphatic rings. The van der Waals surface area contributed by atoms with Crippen LogP contribution in [0.3, 0.4) is 0 Å². The Morgan fingerprint density at radius 3 is 1.20 bits per heavy atom. The lowest BCUT2D eigenvalue weighted by atomic mass is 10.4. The van der Waals surface area contributed by atoms with E-state index in [1.54, 1.807) is 0 Å². The summed E-state index contributed by atoms with van der Waals surface area (Å²) in [4.78, 5) is 0. The molecule has 4 heteroatoms. The lowest BCUT2D eigenvalue weighted by Crippen LogP contribution is -2.52. The van der Waals surface area contributed by atoms with E-state index in [-0.39, 0.29) is 6.79 Å². The Hall–Kier alpha value is -2.25. The minimum atomic E-state index is -2.49. The van der Waals surface area contributed by atoms with Gasteiger partial charge in [-0.2, -0.15) is 0 Å². The van der Waals surface area contributed by atoms with Crippen LogP contribution in [0.15, 0.2) is 110 Å². The molecule has 0 spiro atoms. The summed E-state index contributed by atoms with van der Waals surface area (Å²) in [5.41, 5.74) is 7.47. The summed E-state index contributed by atoms with van der Waals surface area (Å²) >= 11 is 0. The van der Waals surface area contributed by atoms with Gasteiger partial charge in [-0.1, -0.05) is 83.5 Å². The molecule has 25 heavy (non-hydrogen) atoms. The van der Waals surface area contributed by atoms with Crippen LogP contribution < -0.4 is 10.4 Å². The van der Waals surface area contributed by atoms with Gasteiger partial charge in [-0.15, -0.1) is 26.3 Å². The Labute approximate surface area is 152 Å². The standard InChI is InChI=1S/C21H24O2Si2/c1-5-24(6-2,20-15-11-9-12-16-20)22-19-23-25(7-3,8-4)21-17-13-10-14-18-21/h5-18H,1-4,19H2. The lowest BCUT2D eigenvalue weighted by molar-refractivity contribution is 0.116. The third-order valence-electron chi connectivity index (χ3n) is 4.26. The van der Waals surface area contributed by atoms with Gasteiger partial charge in [0, 0.05) is 0 Å². The minimum Gasteiger partial charge on any atom is -0.383 e. The average molecular weight is 365 g/mol. The molecule has 2 aromatic rings. The van der Waals surface area contributed by atoms with Crippen molar-refractivity contribution in [1.82, 2.24) is 0 Å². The third-order valence-corrected chi connectivity index (χ3v) is 10.3. The molecule has 0 saturated carbocycles. The van der Waals surface area contributed by atoms with Crippen LogP contribution in [0.25, 0.3) is 0 Å². The molecule has 0 unspecified atom stereocenters. The van der Waals surface area contributed by atoms with Gasteiger partial charge in [-0.25, -0.2) is 0 Å². The summed E-state index contributed by atoms with van der Waals surface area (Å²) in [6.45, 7) is 16.0. The van der Waals surface area contributed by atoms with Crippen LogP contribution in [-0.4, -0.2) is 23.4 Å². The molecule has 0 aliphatic carbocycles. The first kappa shape index (κ1) is 19.1. The molecule has 0 fully saturated rings.